The average molecular weight is 1470 g/mol. The summed E-state index contributed by atoms with van der Waals surface area (Å²) < 4.78 is 68.4. The first-order valence-corrected chi connectivity index (χ1v) is 41.7. The highest BCUT2D eigenvalue weighted by Crippen LogP contribution is 2.45. The summed E-state index contributed by atoms with van der Waals surface area (Å²) in [4.78, 5) is 72.9. The van der Waals surface area contributed by atoms with Gasteiger partial charge < -0.3 is 33.8 Å². The zero-order valence-corrected chi connectivity index (χ0v) is 65.0. The van der Waals surface area contributed by atoms with Crippen molar-refractivity contribution in [3.05, 3.63) is 158 Å². The van der Waals surface area contributed by atoms with Crippen LogP contribution in [0.3, 0.4) is 0 Å². The van der Waals surface area contributed by atoms with Crippen LogP contribution in [0.25, 0.3) is 0 Å². The van der Waals surface area contributed by atoms with E-state index in [9.17, 15) is 43.2 Å². The monoisotopic (exact) mass is 1470 g/mol. The lowest BCUT2D eigenvalue weighted by Gasteiger charge is -2.21. The Morgan fingerprint density at radius 3 is 0.873 bits per heavy atom. The summed E-state index contributed by atoms with van der Waals surface area (Å²) in [5.74, 6) is -2.38. The molecule has 0 aliphatic carbocycles. The molecule has 0 aromatic carbocycles. The van der Waals surface area contributed by atoms with Crippen molar-refractivity contribution in [1.29, 1.82) is 0 Å². The normalized spacial score (nSPS) is 14.8. The molecule has 5 atom stereocenters. The Morgan fingerprint density at radius 1 is 0.294 bits per heavy atom. The number of hydrogen-bond donors (Lipinski definition) is 3. The molecule has 5 unspecified atom stereocenters. The maximum absolute atomic E-state index is 13.1. The Morgan fingerprint density at radius 2 is 0.549 bits per heavy atom. The van der Waals surface area contributed by atoms with Crippen molar-refractivity contribution in [3.63, 3.8) is 0 Å². The van der Waals surface area contributed by atoms with Gasteiger partial charge >= 0.3 is 39.5 Å². The first-order valence-electron chi connectivity index (χ1n) is 38.7. The number of phosphoric ester groups is 2. The summed E-state index contributed by atoms with van der Waals surface area (Å²) >= 11 is 0. The van der Waals surface area contributed by atoms with Crippen LogP contribution in [0.1, 0.15) is 285 Å². The number of unbranched alkanes of at least 4 members (excludes halogenated alkanes) is 20. The third kappa shape index (κ3) is 73.0. The topological polar surface area (TPSA) is 237 Å². The Kier molecular flexibility index (Phi) is 70.1. The van der Waals surface area contributed by atoms with Crippen LogP contribution >= 0.6 is 15.6 Å². The van der Waals surface area contributed by atoms with Gasteiger partial charge in [-0.2, -0.15) is 0 Å². The molecule has 0 fully saturated rings. The second-order valence-corrected chi connectivity index (χ2v) is 28.1. The van der Waals surface area contributed by atoms with Crippen molar-refractivity contribution in [2.24, 2.45) is 0 Å². The van der Waals surface area contributed by atoms with Gasteiger partial charge in [0.2, 0.25) is 0 Å². The zero-order chi connectivity index (χ0) is 74.6. The molecule has 580 valence electrons. The predicted molar refractivity (Wildman–Crippen MR) is 417 cm³/mol. The van der Waals surface area contributed by atoms with Crippen LogP contribution in [0, 0.1) is 0 Å². The van der Waals surface area contributed by atoms with E-state index in [0.29, 0.717) is 25.7 Å². The standard InChI is InChI=1S/C83H136O17P2/c1-5-9-13-17-21-25-29-33-37-38-42-44-48-52-56-60-64-68-81(86)94-74-79(100-83(88)70-66-62-58-54-50-46-41-36-32-28-24-20-16-12-8-4)76-98-102(91,92)96-72-77(84)71-95-101(89,90)97-75-78(99-82(87)69-65-61-57-53-49-45-40-35-31-27-23-19-15-11-7-3)73-93-80(85)67-63-59-55-51-47-43-39-34-30-26-22-18-14-10-6-2/h9-10,12-14,16,21-28,33-37,39-41,50,54,62,66,77-79,84H,5-8,11,15,17-20,29-32,38,42-49,51-53,55-61,63-65,67-76H2,1-4H3,(H,89,90)(H,91,92)/b13-9-,14-10-,16-12-,25-21-,26-22-,27-23-,28-24-,37-33-,39-34-,40-35-,41-36-,54-50-,66-62-. The lowest BCUT2D eigenvalue weighted by molar-refractivity contribution is -0.161. The minimum Gasteiger partial charge on any atom is -0.462 e. The molecule has 102 heavy (non-hydrogen) atoms. The number of esters is 4. The molecule has 0 radical (unpaired) electrons. The van der Waals surface area contributed by atoms with Crippen LogP contribution in [0.4, 0.5) is 0 Å². The van der Waals surface area contributed by atoms with Crippen molar-refractivity contribution in [1.82, 2.24) is 0 Å². The molecule has 0 aromatic rings. The molecule has 17 nitrogen and oxygen atoms in total. The highest BCUT2D eigenvalue weighted by Gasteiger charge is 2.30. The van der Waals surface area contributed by atoms with Gasteiger partial charge in [0.15, 0.2) is 12.2 Å². The van der Waals surface area contributed by atoms with E-state index in [4.69, 9.17) is 37.0 Å². The number of phosphoric acid groups is 2. The summed E-state index contributed by atoms with van der Waals surface area (Å²) in [5, 5.41) is 10.6. The second kappa shape index (κ2) is 74.0. The highest BCUT2D eigenvalue weighted by atomic mass is 31.2. The third-order valence-electron chi connectivity index (χ3n) is 15.5. The van der Waals surface area contributed by atoms with E-state index in [2.05, 4.69) is 161 Å². The Labute approximate surface area is 617 Å². The lowest BCUT2D eigenvalue weighted by atomic mass is 10.1. The van der Waals surface area contributed by atoms with Crippen LogP contribution in [-0.2, 0) is 65.4 Å². The number of aliphatic hydroxyl groups is 1. The van der Waals surface area contributed by atoms with Crippen LogP contribution in [0.2, 0.25) is 0 Å². The molecule has 0 aliphatic heterocycles. The fourth-order valence-electron chi connectivity index (χ4n) is 9.71. The molecular formula is C83H136O17P2. The van der Waals surface area contributed by atoms with Crippen LogP contribution in [0.15, 0.2) is 158 Å². The predicted octanol–water partition coefficient (Wildman–Crippen LogP) is 22.4. The van der Waals surface area contributed by atoms with E-state index in [0.717, 1.165) is 186 Å². The molecule has 0 aromatic heterocycles. The molecule has 0 aliphatic rings. The van der Waals surface area contributed by atoms with Gasteiger partial charge in [0.1, 0.15) is 19.3 Å². The number of carbonyl (C=O) groups excluding carboxylic acids is 4. The van der Waals surface area contributed by atoms with Crippen molar-refractivity contribution in [2.75, 3.05) is 39.6 Å². The van der Waals surface area contributed by atoms with E-state index in [1.54, 1.807) is 12.2 Å². The Balaban J connectivity index is 5.46. The van der Waals surface area contributed by atoms with E-state index < -0.39 is 97.5 Å². The van der Waals surface area contributed by atoms with E-state index in [1.165, 1.54) is 19.3 Å². The number of hydrogen-bond acceptors (Lipinski definition) is 15. The highest BCUT2D eigenvalue weighted by molar-refractivity contribution is 7.47. The smallest absolute Gasteiger partial charge is 0.462 e. The maximum atomic E-state index is 13.1. The average Bonchev–Trinajstić information content (AvgIpc) is 0.919. The van der Waals surface area contributed by atoms with Crippen LogP contribution in [-0.4, -0.2) is 96.7 Å². The molecule has 0 amide bonds. The van der Waals surface area contributed by atoms with Gasteiger partial charge in [-0.1, -0.05) is 269 Å². The largest absolute Gasteiger partial charge is 0.472 e. The van der Waals surface area contributed by atoms with Crippen molar-refractivity contribution in [3.8, 4) is 0 Å². The first-order chi connectivity index (χ1) is 49.7. The molecule has 0 saturated carbocycles. The van der Waals surface area contributed by atoms with Crippen LogP contribution < -0.4 is 0 Å². The number of ether oxygens (including phenoxy) is 4. The number of allylic oxidation sites excluding steroid dienone is 25. The maximum Gasteiger partial charge on any atom is 0.472 e. The Hall–Kier alpha value is -5.32. The Bertz CT molecular complexity index is 2550. The number of aliphatic hydroxyl groups excluding tert-OH is 1. The molecule has 0 spiro atoms. The zero-order valence-electron chi connectivity index (χ0n) is 63.2. The minimum atomic E-state index is -5.01. The van der Waals surface area contributed by atoms with Gasteiger partial charge in [0.25, 0.3) is 0 Å². The van der Waals surface area contributed by atoms with Gasteiger partial charge in [0.05, 0.1) is 32.8 Å². The van der Waals surface area contributed by atoms with Crippen molar-refractivity contribution in [2.45, 2.75) is 303 Å². The fraction of sp³-hybridized carbons (Fsp3) is 0.639. The fourth-order valence-corrected chi connectivity index (χ4v) is 11.3. The number of carbonyl (C=O) groups is 4. The van der Waals surface area contributed by atoms with E-state index in [1.807, 2.05) is 12.2 Å². The van der Waals surface area contributed by atoms with Gasteiger partial charge in [-0.3, -0.25) is 37.3 Å². The van der Waals surface area contributed by atoms with Crippen molar-refractivity contribution >= 4 is 39.5 Å². The van der Waals surface area contributed by atoms with Gasteiger partial charge in [-0.25, -0.2) is 9.13 Å². The van der Waals surface area contributed by atoms with Crippen LogP contribution in [0.5, 0.6) is 0 Å². The molecular weight excluding hydrogens is 1330 g/mol. The SMILES string of the molecule is CC/C=C\C/C=C\C/C=C\C/C=C\C/C=C\CC(=O)OC(COC(=O)CCCCCCCCC/C=C\C/C=C\C/C=C\CC)COP(=O)(O)OCC(O)COP(=O)(O)OCC(COC(=O)CCCCCCC/C=C\C/C=C\C/C=C\CC)OC(=O)CCCCCCC/C=C\C/C=C\CCCCC. The summed E-state index contributed by atoms with van der Waals surface area (Å²) in [7, 11) is -10.0. The third-order valence-corrected chi connectivity index (χ3v) is 17.4. The summed E-state index contributed by atoms with van der Waals surface area (Å²) in [6, 6.07) is 0. The summed E-state index contributed by atoms with van der Waals surface area (Å²) in [6.07, 6.45) is 85.4. The molecule has 0 bridgehead atoms. The van der Waals surface area contributed by atoms with E-state index >= 15 is 0 Å². The minimum absolute atomic E-state index is 0.0679. The quantitative estimate of drug-likeness (QED) is 0.0169. The van der Waals surface area contributed by atoms with Crippen molar-refractivity contribution < 1.29 is 80.2 Å². The molecule has 0 saturated heterocycles. The van der Waals surface area contributed by atoms with Gasteiger partial charge in [-0.15, -0.1) is 0 Å². The summed E-state index contributed by atoms with van der Waals surface area (Å²) in [6.45, 7) is 4.34. The van der Waals surface area contributed by atoms with Gasteiger partial charge in [-0.05, 0) is 148 Å². The molecule has 0 heterocycles. The molecule has 19 heteroatoms. The lowest BCUT2D eigenvalue weighted by Crippen LogP contribution is -2.30. The number of rotatable bonds is 71. The second-order valence-electron chi connectivity index (χ2n) is 25.2. The van der Waals surface area contributed by atoms with Gasteiger partial charge in [0, 0.05) is 19.3 Å². The van der Waals surface area contributed by atoms with E-state index in [-0.39, 0.29) is 25.7 Å². The molecule has 3 N–H and O–H groups in total. The first kappa shape index (κ1) is 96.7. The molecule has 0 rings (SSSR count). The summed E-state index contributed by atoms with van der Waals surface area (Å²) in [5.41, 5.74) is 0.